The van der Waals surface area contributed by atoms with Crippen molar-refractivity contribution in [2.24, 2.45) is 28.8 Å². The van der Waals surface area contributed by atoms with Crippen molar-refractivity contribution in [1.29, 1.82) is 0 Å². The summed E-state index contributed by atoms with van der Waals surface area (Å²) in [4.78, 5) is 16.0. The van der Waals surface area contributed by atoms with E-state index in [2.05, 4.69) is 29.4 Å². The highest BCUT2D eigenvalue weighted by molar-refractivity contribution is 6.00. The first-order chi connectivity index (χ1) is 12.1. The minimum Gasteiger partial charge on any atom is -0.358 e. The fraction of sp³-hybridized carbons (Fsp3) is 0.524. The summed E-state index contributed by atoms with van der Waals surface area (Å²) in [6.45, 7) is 4.15. The first kappa shape index (κ1) is 15.2. The SMILES string of the molecule is Cc1[nH]c2ccc(C(=O)NN=C3C4CC5CC(C4)CC3C5)cc2c1C. The number of rotatable bonds is 2. The summed E-state index contributed by atoms with van der Waals surface area (Å²) in [7, 11) is 0. The second-order valence-corrected chi connectivity index (χ2v) is 8.42. The summed E-state index contributed by atoms with van der Waals surface area (Å²) in [6.07, 6.45) is 6.58. The Morgan fingerprint density at radius 3 is 2.44 bits per heavy atom. The fourth-order valence-corrected chi connectivity index (χ4v) is 5.63. The zero-order chi connectivity index (χ0) is 17.1. The summed E-state index contributed by atoms with van der Waals surface area (Å²) >= 11 is 0. The molecule has 130 valence electrons. The lowest BCUT2D eigenvalue weighted by atomic mass is 9.55. The van der Waals surface area contributed by atoms with E-state index in [-0.39, 0.29) is 5.91 Å². The lowest BCUT2D eigenvalue weighted by Crippen LogP contribution is -2.46. The van der Waals surface area contributed by atoms with Gasteiger partial charge in [-0.15, -0.1) is 0 Å². The number of hydrogen-bond acceptors (Lipinski definition) is 2. The maximum atomic E-state index is 12.6. The maximum absolute atomic E-state index is 12.6. The number of carbonyl (C=O) groups excluding carboxylic acids is 1. The van der Waals surface area contributed by atoms with Gasteiger partial charge in [0, 0.05) is 27.9 Å². The molecule has 4 heteroatoms. The molecule has 0 atom stereocenters. The van der Waals surface area contributed by atoms with Crippen LogP contribution in [0.25, 0.3) is 10.9 Å². The molecule has 2 aromatic rings. The summed E-state index contributed by atoms with van der Waals surface area (Å²) in [5.41, 5.74) is 8.26. The third-order valence-electron chi connectivity index (χ3n) is 6.83. The highest BCUT2D eigenvalue weighted by Crippen LogP contribution is 2.52. The number of nitrogens with one attached hydrogen (secondary N) is 2. The predicted molar refractivity (Wildman–Crippen MR) is 99.7 cm³/mol. The molecule has 1 aromatic carbocycles. The van der Waals surface area contributed by atoms with Crippen LogP contribution < -0.4 is 5.43 Å². The number of fused-ring (bicyclic) bond motifs is 1. The summed E-state index contributed by atoms with van der Waals surface area (Å²) < 4.78 is 0. The van der Waals surface area contributed by atoms with Crippen molar-refractivity contribution in [3.63, 3.8) is 0 Å². The first-order valence-electron chi connectivity index (χ1n) is 9.55. The third kappa shape index (κ3) is 2.42. The van der Waals surface area contributed by atoms with Gasteiger partial charge >= 0.3 is 0 Å². The summed E-state index contributed by atoms with van der Waals surface area (Å²) in [5, 5.41) is 5.73. The van der Waals surface area contributed by atoms with Crippen LogP contribution in [0, 0.1) is 37.5 Å². The standard InChI is InChI=1S/C21H25N3O/c1-11-12(2)22-19-4-3-15(10-18(11)19)21(25)24-23-20-16-6-13-5-14(8-16)9-17(20)7-13/h3-4,10,13-14,16-17,22H,5-9H2,1-2H3,(H,24,25). The van der Waals surface area contributed by atoms with E-state index in [1.807, 2.05) is 18.2 Å². The number of aromatic nitrogens is 1. The number of aryl methyl sites for hydroxylation is 2. The van der Waals surface area contributed by atoms with Crippen LogP contribution in [-0.4, -0.2) is 16.6 Å². The van der Waals surface area contributed by atoms with Gasteiger partial charge in [0.25, 0.3) is 5.91 Å². The average molecular weight is 335 g/mol. The zero-order valence-electron chi connectivity index (χ0n) is 14.9. The van der Waals surface area contributed by atoms with Gasteiger partial charge in [-0.05, 0) is 93.4 Å². The Morgan fingerprint density at radius 2 is 1.76 bits per heavy atom. The fourth-order valence-electron chi connectivity index (χ4n) is 5.63. The Labute approximate surface area is 148 Å². The molecule has 0 unspecified atom stereocenters. The molecule has 0 spiro atoms. The van der Waals surface area contributed by atoms with Crippen LogP contribution in [0.15, 0.2) is 23.3 Å². The van der Waals surface area contributed by atoms with E-state index in [4.69, 9.17) is 0 Å². The minimum atomic E-state index is -0.0959. The van der Waals surface area contributed by atoms with E-state index >= 15 is 0 Å². The van der Waals surface area contributed by atoms with Gasteiger partial charge < -0.3 is 4.98 Å². The number of hydrogen-bond donors (Lipinski definition) is 2. The molecule has 4 nitrogen and oxygen atoms in total. The van der Waals surface area contributed by atoms with Crippen LogP contribution in [0.2, 0.25) is 0 Å². The third-order valence-corrected chi connectivity index (χ3v) is 6.83. The van der Waals surface area contributed by atoms with E-state index in [0.717, 1.165) is 28.4 Å². The highest BCUT2D eigenvalue weighted by atomic mass is 16.2. The predicted octanol–water partition coefficient (Wildman–Crippen LogP) is 4.33. The molecule has 1 aromatic heterocycles. The van der Waals surface area contributed by atoms with Crippen molar-refractivity contribution < 1.29 is 4.79 Å². The van der Waals surface area contributed by atoms with Gasteiger partial charge in [0.05, 0.1) is 0 Å². The summed E-state index contributed by atoms with van der Waals surface area (Å²) in [5.74, 6) is 2.97. The molecule has 0 aliphatic heterocycles. The Balaban J connectivity index is 1.38. The second-order valence-electron chi connectivity index (χ2n) is 8.42. The first-order valence-corrected chi connectivity index (χ1v) is 9.55. The average Bonchev–Trinajstić information content (AvgIpc) is 2.87. The molecule has 4 bridgehead atoms. The van der Waals surface area contributed by atoms with Crippen molar-refractivity contribution in [2.45, 2.75) is 46.0 Å². The van der Waals surface area contributed by atoms with Crippen molar-refractivity contribution in [2.75, 3.05) is 0 Å². The maximum Gasteiger partial charge on any atom is 0.271 e. The van der Waals surface area contributed by atoms with Gasteiger partial charge in [-0.25, -0.2) is 5.43 Å². The van der Waals surface area contributed by atoms with Crippen molar-refractivity contribution in [1.82, 2.24) is 10.4 Å². The molecule has 0 saturated heterocycles. The molecule has 4 fully saturated rings. The molecule has 4 aliphatic carbocycles. The molecule has 2 N–H and O–H groups in total. The Bertz CT molecular complexity index is 862. The zero-order valence-corrected chi connectivity index (χ0v) is 14.9. The normalized spacial score (nSPS) is 30.1. The number of H-pyrrole nitrogens is 1. The van der Waals surface area contributed by atoms with E-state index in [9.17, 15) is 4.79 Å². The monoisotopic (exact) mass is 335 g/mol. The van der Waals surface area contributed by atoms with Crippen LogP contribution in [0.5, 0.6) is 0 Å². The number of hydrazone groups is 1. The van der Waals surface area contributed by atoms with Crippen LogP contribution >= 0.6 is 0 Å². The van der Waals surface area contributed by atoms with E-state index < -0.39 is 0 Å². The van der Waals surface area contributed by atoms with Crippen molar-refractivity contribution in [3.05, 3.63) is 35.0 Å². The topological polar surface area (TPSA) is 57.2 Å². The van der Waals surface area contributed by atoms with Crippen LogP contribution in [0.4, 0.5) is 0 Å². The molecule has 4 saturated carbocycles. The smallest absolute Gasteiger partial charge is 0.271 e. The molecular formula is C21H25N3O. The van der Waals surface area contributed by atoms with Crippen LogP contribution in [-0.2, 0) is 0 Å². The molecule has 25 heavy (non-hydrogen) atoms. The number of carbonyl (C=O) groups is 1. The molecule has 0 radical (unpaired) electrons. The van der Waals surface area contributed by atoms with Crippen molar-refractivity contribution >= 4 is 22.5 Å². The van der Waals surface area contributed by atoms with Gasteiger partial charge in [0.2, 0.25) is 0 Å². The van der Waals surface area contributed by atoms with Gasteiger partial charge in [-0.3, -0.25) is 4.79 Å². The Kier molecular flexibility index (Phi) is 3.31. The molecule has 4 aliphatic rings. The van der Waals surface area contributed by atoms with Gasteiger partial charge in [0.15, 0.2) is 0 Å². The lowest BCUT2D eigenvalue weighted by molar-refractivity contribution is 0.0942. The van der Waals surface area contributed by atoms with E-state index in [1.54, 1.807) is 0 Å². The van der Waals surface area contributed by atoms with Gasteiger partial charge in [-0.2, -0.15) is 5.10 Å². The molecule has 6 rings (SSSR count). The molecule has 1 heterocycles. The molecular weight excluding hydrogens is 310 g/mol. The Morgan fingerprint density at radius 1 is 1.08 bits per heavy atom. The van der Waals surface area contributed by atoms with Crippen LogP contribution in [0.3, 0.4) is 0 Å². The molecule has 1 amide bonds. The number of benzene rings is 1. The number of nitrogens with zero attached hydrogens (tertiary/aromatic N) is 1. The quantitative estimate of drug-likeness (QED) is 0.789. The van der Waals surface area contributed by atoms with E-state index in [0.29, 0.717) is 17.4 Å². The summed E-state index contributed by atoms with van der Waals surface area (Å²) in [6, 6.07) is 5.84. The van der Waals surface area contributed by atoms with Crippen LogP contribution in [0.1, 0.15) is 53.7 Å². The highest BCUT2D eigenvalue weighted by Gasteiger charge is 2.46. The minimum absolute atomic E-state index is 0.0959. The van der Waals surface area contributed by atoms with E-state index in [1.165, 1.54) is 43.4 Å². The van der Waals surface area contributed by atoms with Gasteiger partial charge in [0.1, 0.15) is 0 Å². The van der Waals surface area contributed by atoms with Crippen molar-refractivity contribution in [3.8, 4) is 0 Å². The van der Waals surface area contributed by atoms with Gasteiger partial charge in [-0.1, -0.05) is 0 Å². The number of aromatic amines is 1. The lowest BCUT2D eigenvalue weighted by Gasteiger charge is -2.50. The Hall–Kier alpha value is -2.10. The second kappa shape index (κ2) is 5.45. The number of amides is 1. The largest absolute Gasteiger partial charge is 0.358 e.